The van der Waals surface area contributed by atoms with E-state index in [2.05, 4.69) is 23.8 Å². The van der Waals surface area contributed by atoms with Gasteiger partial charge in [-0.3, -0.25) is 9.98 Å². The molecule has 7 nitrogen and oxygen atoms in total. The number of hydrogen-bond acceptors (Lipinski definition) is 6. The van der Waals surface area contributed by atoms with E-state index in [0.29, 0.717) is 42.5 Å². The second-order valence-corrected chi connectivity index (χ2v) is 6.94. The summed E-state index contributed by atoms with van der Waals surface area (Å²) in [5.74, 6) is -0.444. The summed E-state index contributed by atoms with van der Waals surface area (Å²) in [6.45, 7) is 15.2. The van der Waals surface area contributed by atoms with Crippen molar-refractivity contribution in [2.75, 3.05) is 19.7 Å². The number of carbonyl (C=O) groups excluding carboxylic acids is 1. The molecule has 0 spiro atoms. The van der Waals surface area contributed by atoms with Crippen molar-refractivity contribution in [2.45, 2.75) is 48.5 Å². The molecule has 0 aromatic carbocycles. The summed E-state index contributed by atoms with van der Waals surface area (Å²) >= 11 is 0. The number of aliphatic imine (C=N–C) groups is 2. The van der Waals surface area contributed by atoms with Crippen LogP contribution in [0.1, 0.15) is 48.5 Å². The Morgan fingerprint density at radius 1 is 0.964 bits per heavy atom. The normalized spacial score (nSPS) is 15.5. The SMILES string of the molecule is CC1=NCC(C(C)C)=C1C(=O)O.CCOC(=O)C1=C(C(C)C)CN=C1C.[Na+].[OH-]. The van der Waals surface area contributed by atoms with E-state index in [4.69, 9.17) is 9.84 Å². The summed E-state index contributed by atoms with van der Waals surface area (Å²) in [6, 6.07) is 0. The molecule has 8 heteroatoms. The smallest absolute Gasteiger partial charge is 0.870 e. The zero-order valence-corrected chi connectivity index (χ0v) is 20.3. The third-order valence-electron chi connectivity index (χ3n) is 4.43. The van der Waals surface area contributed by atoms with Crippen LogP contribution in [0.2, 0.25) is 0 Å². The van der Waals surface area contributed by atoms with Crippen LogP contribution >= 0.6 is 0 Å². The van der Waals surface area contributed by atoms with Crippen molar-refractivity contribution in [3.05, 3.63) is 22.3 Å². The van der Waals surface area contributed by atoms with E-state index in [1.165, 1.54) is 0 Å². The van der Waals surface area contributed by atoms with E-state index < -0.39 is 5.97 Å². The first-order valence-electron chi connectivity index (χ1n) is 9.01. The van der Waals surface area contributed by atoms with Crippen LogP contribution in [0, 0.1) is 11.8 Å². The zero-order valence-electron chi connectivity index (χ0n) is 18.3. The Labute approximate surface area is 189 Å². The van der Waals surface area contributed by atoms with Crippen LogP contribution in [-0.2, 0) is 14.3 Å². The summed E-state index contributed by atoms with van der Waals surface area (Å²) in [6.07, 6.45) is 0. The number of hydrogen-bond donors (Lipinski definition) is 1. The van der Waals surface area contributed by atoms with Crippen LogP contribution in [0.25, 0.3) is 0 Å². The molecule has 2 N–H and O–H groups in total. The van der Waals surface area contributed by atoms with Gasteiger partial charge in [-0.15, -0.1) is 0 Å². The minimum atomic E-state index is -0.850. The van der Waals surface area contributed by atoms with Crippen molar-refractivity contribution >= 4 is 23.4 Å². The second-order valence-electron chi connectivity index (χ2n) is 6.94. The number of nitrogens with zero attached hydrogens (tertiary/aromatic N) is 2. The van der Waals surface area contributed by atoms with E-state index in [1.54, 1.807) is 6.92 Å². The van der Waals surface area contributed by atoms with Crippen LogP contribution < -0.4 is 29.6 Å². The maximum Gasteiger partial charge on any atom is 1.00 e. The Bertz CT molecular complexity index is 703. The number of rotatable bonds is 5. The molecule has 0 aromatic heterocycles. The minimum Gasteiger partial charge on any atom is -0.870 e. The van der Waals surface area contributed by atoms with Gasteiger partial charge in [0.2, 0.25) is 0 Å². The fraction of sp³-hybridized carbons (Fsp3) is 0.600. The Morgan fingerprint density at radius 2 is 1.36 bits per heavy atom. The van der Waals surface area contributed by atoms with Crippen molar-refractivity contribution < 1.29 is 54.5 Å². The van der Waals surface area contributed by atoms with E-state index in [9.17, 15) is 9.59 Å². The van der Waals surface area contributed by atoms with Gasteiger partial charge in [-0.2, -0.15) is 0 Å². The van der Waals surface area contributed by atoms with Gasteiger partial charge in [0.15, 0.2) is 0 Å². The Hall–Kier alpha value is -1.28. The summed E-state index contributed by atoms with van der Waals surface area (Å²) in [4.78, 5) is 30.8. The first-order chi connectivity index (χ1) is 12.1. The van der Waals surface area contributed by atoms with Crippen molar-refractivity contribution in [1.29, 1.82) is 0 Å². The standard InChI is InChI=1S/C11H17NO2.C9H13NO2.Na.H2O/c1-5-14-11(13)10-8(4)12-6-9(10)7(2)3;1-5(2)7-4-10-6(3)8(7)9(11)12;;/h7H,5-6H2,1-4H3;5H,4H2,1-3H3,(H,11,12);;1H2/q;;+1;/p-1. The molecule has 0 fully saturated rings. The molecule has 2 aliphatic rings. The number of carboxylic acids is 1. The predicted molar refractivity (Wildman–Crippen MR) is 106 cm³/mol. The molecule has 2 rings (SSSR count). The molecule has 2 aliphatic heterocycles. The fourth-order valence-corrected chi connectivity index (χ4v) is 2.91. The molecular formula is C20H31N2NaO5. The number of carboxylic acid groups (broad SMARTS) is 1. The minimum absolute atomic E-state index is 0. The van der Waals surface area contributed by atoms with Crippen LogP contribution in [0.15, 0.2) is 32.3 Å². The van der Waals surface area contributed by atoms with Gasteiger partial charge in [-0.1, -0.05) is 27.7 Å². The van der Waals surface area contributed by atoms with Gasteiger partial charge in [-0.05, 0) is 43.8 Å². The molecule has 0 aliphatic carbocycles. The molecule has 0 amide bonds. The van der Waals surface area contributed by atoms with Crippen LogP contribution in [-0.4, -0.2) is 53.6 Å². The van der Waals surface area contributed by atoms with Gasteiger partial charge in [-0.25, -0.2) is 9.59 Å². The van der Waals surface area contributed by atoms with Crippen molar-refractivity contribution in [2.24, 2.45) is 21.8 Å². The number of aliphatic carboxylic acids is 1. The number of ether oxygens (including phenoxy) is 1. The average Bonchev–Trinajstić information content (AvgIpc) is 3.11. The Balaban J connectivity index is 0. The monoisotopic (exact) mass is 402 g/mol. The van der Waals surface area contributed by atoms with Gasteiger partial charge in [0, 0.05) is 11.4 Å². The number of esters is 1. The summed E-state index contributed by atoms with van der Waals surface area (Å²) in [5.41, 5.74) is 4.63. The van der Waals surface area contributed by atoms with E-state index >= 15 is 0 Å². The quantitative estimate of drug-likeness (QED) is 0.524. The molecule has 0 radical (unpaired) electrons. The maximum atomic E-state index is 11.6. The topological polar surface area (TPSA) is 118 Å². The zero-order chi connectivity index (χ0) is 20.0. The molecule has 0 unspecified atom stereocenters. The van der Waals surface area contributed by atoms with Crippen LogP contribution in [0.5, 0.6) is 0 Å². The molecule has 0 aromatic rings. The van der Waals surface area contributed by atoms with Gasteiger partial charge < -0.3 is 15.3 Å². The molecule has 152 valence electrons. The van der Waals surface area contributed by atoms with Crippen LogP contribution in [0.4, 0.5) is 0 Å². The summed E-state index contributed by atoms with van der Waals surface area (Å²) in [7, 11) is 0. The first-order valence-corrected chi connectivity index (χ1v) is 9.01. The molecular weight excluding hydrogens is 371 g/mol. The second kappa shape index (κ2) is 13.0. The van der Waals surface area contributed by atoms with Crippen LogP contribution in [0.3, 0.4) is 0 Å². The average molecular weight is 402 g/mol. The molecule has 28 heavy (non-hydrogen) atoms. The van der Waals surface area contributed by atoms with Gasteiger partial charge >= 0.3 is 41.5 Å². The summed E-state index contributed by atoms with van der Waals surface area (Å²) < 4.78 is 5.00. The predicted octanol–water partition coefficient (Wildman–Crippen LogP) is 0.302. The van der Waals surface area contributed by atoms with Crippen molar-refractivity contribution in [1.82, 2.24) is 0 Å². The van der Waals surface area contributed by atoms with Crippen molar-refractivity contribution in [3.8, 4) is 0 Å². The Morgan fingerprint density at radius 3 is 1.68 bits per heavy atom. The summed E-state index contributed by atoms with van der Waals surface area (Å²) in [5, 5.41) is 8.86. The van der Waals surface area contributed by atoms with Gasteiger partial charge in [0.1, 0.15) is 0 Å². The molecule has 2 heterocycles. The molecule has 0 saturated carbocycles. The largest absolute Gasteiger partial charge is 1.00 e. The molecule has 0 saturated heterocycles. The van der Waals surface area contributed by atoms with E-state index in [1.807, 2.05) is 27.7 Å². The maximum absolute atomic E-state index is 11.6. The fourth-order valence-electron chi connectivity index (χ4n) is 2.91. The van der Waals surface area contributed by atoms with E-state index in [0.717, 1.165) is 16.9 Å². The van der Waals surface area contributed by atoms with Gasteiger partial charge in [0.05, 0.1) is 30.8 Å². The Kier molecular flexibility index (Phi) is 13.5. The van der Waals surface area contributed by atoms with Gasteiger partial charge in [0.25, 0.3) is 0 Å². The van der Waals surface area contributed by atoms with E-state index in [-0.39, 0.29) is 46.9 Å². The molecule has 0 bridgehead atoms. The third-order valence-corrected chi connectivity index (χ3v) is 4.43. The first kappa shape index (κ1) is 28.9. The number of carbonyl (C=O) groups is 2. The third kappa shape index (κ3) is 7.28. The van der Waals surface area contributed by atoms with Crippen molar-refractivity contribution in [3.63, 3.8) is 0 Å². The molecule has 0 atom stereocenters.